The van der Waals surface area contributed by atoms with Crippen molar-refractivity contribution >= 4 is 33.4 Å². The van der Waals surface area contributed by atoms with E-state index < -0.39 is 0 Å². The fourth-order valence-electron chi connectivity index (χ4n) is 3.62. The second kappa shape index (κ2) is 7.28. The third kappa shape index (κ3) is 3.40. The number of aromatic hydroxyl groups is 1. The van der Waals surface area contributed by atoms with E-state index in [2.05, 4.69) is 20.3 Å². The van der Waals surface area contributed by atoms with Crippen LogP contribution in [0, 0.1) is 13.8 Å². The minimum Gasteiger partial charge on any atom is -0.507 e. The molecule has 0 aliphatic carbocycles. The van der Waals surface area contributed by atoms with E-state index in [1.54, 1.807) is 6.33 Å². The van der Waals surface area contributed by atoms with Gasteiger partial charge < -0.3 is 19.7 Å². The highest BCUT2D eigenvalue weighted by Gasteiger charge is 2.12. The van der Waals surface area contributed by atoms with Crippen LogP contribution in [0.25, 0.3) is 21.9 Å². The van der Waals surface area contributed by atoms with E-state index in [1.807, 2.05) is 74.0 Å². The first-order valence-electron chi connectivity index (χ1n) is 9.89. The molecule has 0 saturated heterocycles. The molecule has 0 aliphatic rings. The number of ether oxygens (including phenoxy) is 1. The Morgan fingerprint density at radius 3 is 2.61 bits per heavy atom. The zero-order valence-electron chi connectivity index (χ0n) is 17.4. The van der Waals surface area contributed by atoms with Crippen molar-refractivity contribution in [2.45, 2.75) is 13.8 Å². The van der Waals surface area contributed by atoms with Crippen molar-refractivity contribution in [3.05, 3.63) is 72.3 Å². The average molecular weight is 411 g/mol. The first-order valence-corrected chi connectivity index (χ1v) is 9.89. The fourth-order valence-corrected chi connectivity index (χ4v) is 3.62. The van der Waals surface area contributed by atoms with E-state index in [4.69, 9.17) is 4.74 Å². The molecule has 154 valence electrons. The summed E-state index contributed by atoms with van der Waals surface area (Å²) in [6.07, 6.45) is 3.27. The second-order valence-corrected chi connectivity index (χ2v) is 7.56. The Morgan fingerprint density at radius 1 is 0.903 bits per heavy atom. The molecule has 0 fully saturated rings. The Kier molecular flexibility index (Phi) is 4.43. The molecule has 5 aromatic rings. The van der Waals surface area contributed by atoms with Crippen molar-refractivity contribution in [3.8, 4) is 17.2 Å². The predicted octanol–water partition coefficient (Wildman–Crippen LogP) is 5.37. The lowest BCUT2D eigenvalue weighted by Crippen LogP contribution is -1.98. The number of aryl methyl sites for hydroxylation is 3. The Balaban J connectivity index is 1.43. The van der Waals surface area contributed by atoms with Gasteiger partial charge >= 0.3 is 0 Å². The topological polar surface area (TPSA) is 85.1 Å². The molecule has 0 saturated carbocycles. The van der Waals surface area contributed by atoms with E-state index in [9.17, 15) is 5.11 Å². The lowest BCUT2D eigenvalue weighted by molar-refractivity contribution is 0.477. The van der Waals surface area contributed by atoms with Crippen LogP contribution in [-0.2, 0) is 7.05 Å². The summed E-state index contributed by atoms with van der Waals surface area (Å²) in [6, 6.07) is 15.4. The minimum absolute atomic E-state index is 0.183. The molecule has 2 N–H and O–H groups in total. The Bertz CT molecular complexity index is 1440. The van der Waals surface area contributed by atoms with E-state index in [0.29, 0.717) is 16.7 Å². The molecule has 7 heteroatoms. The number of benzene rings is 3. The number of phenolic OH excluding ortho intramolecular Hbond substituents is 1. The molecule has 0 atom stereocenters. The molecule has 0 bridgehead atoms. The summed E-state index contributed by atoms with van der Waals surface area (Å²) >= 11 is 0. The molecule has 2 aromatic heterocycles. The third-order valence-corrected chi connectivity index (χ3v) is 5.34. The quantitative estimate of drug-likeness (QED) is 0.413. The normalized spacial score (nSPS) is 11.2. The van der Waals surface area contributed by atoms with Crippen molar-refractivity contribution < 1.29 is 9.84 Å². The minimum atomic E-state index is 0.183. The van der Waals surface area contributed by atoms with Crippen LogP contribution >= 0.6 is 0 Å². The summed E-state index contributed by atoms with van der Waals surface area (Å²) in [5.41, 5.74) is 5.20. The van der Waals surface area contributed by atoms with Gasteiger partial charge in [0.2, 0.25) is 0 Å². The van der Waals surface area contributed by atoms with Crippen molar-refractivity contribution in [2.75, 3.05) is 5.32 Å². The monoisotopic (exact) mass is 411 g/mol. The summed E-state index contributed by atoms with van der Waals surface area (Å²) in [4.78, 5) is 13.0. The van der Waals surface area contributed by atoms with E-state index >= 15 is 0 Å². The van der Waals surface area contributed by atoms with E-state index in [1.165, 1.54) is 6.33 Å². The van der Waals surface area contributed by atoms with Crippen molar-refractivity contribution in [2.24, 2.45) is 7.05 Å². The summed E-state index contributed by atoms with van der Waals surface area (Å²) in [5, 5.41) is 14.4. The van der Waals surface area contributed by atoms with Gasteiger partial charge in [0.25, 0.3) is 0 Å². The van der Waals surface area contributed by atoms with Crippen LogP contribution in [0.2, 0.25) is 0 Å². The zero-order valence-corrected chi connectivity index (χ0v) is 17.4. The van der Waals surface area contributed by atoms with Gasteiger partial charge in [-0.25, -0.2) is 15.0 Å². The van der Waals surface area contributed by atoms with Gasteiger partial charge in [-0.2, -0.15) is 0 Å². The second-order valence-electron chi connectivity index (χ2n) is 7.56. The number of aromatic nitrogens is 4. The summed E-state index contributed by atoms with van der Waals surface area (Å²) < 4.78 is 8.07. The van der Waals surface area contributed by atoms with Gasteiger partial charge in [-0.05, 0) is 61.4 Å². The molecule has 31 heavy (non-hydrogen) atoms. The summed E-state index contributed by atoms with van der Waals surface area (Å²) in [5.74, 6) is 2.23. The standard InChI is InChI=1S/C24H21N5O2/c1-14-4-7-18-22(23(14)30)24(26-12-25-18)28-16-5-9-21(15(2)10-16)31-17-6-8-20-19(11-17)27-13-29(20)3/h4-13,30H,1-3H3,(H,25,26,28). The highest BCUT2D eigenvalue weighted by atomic mass is 16.5. The van der Waals surface area contributed by atoms with Gasteiger partial charge in [0, 0.05) is 18.8 Å². The lowest BCUT2D eigenvalue weighted by atomic mass is 10.1. The van der Waals surface area contributed by atoms with Gasteiger partial charge in [0.05, 0.1) is 28.3 Å². The molecule has 2 heterocycles. The number of rotatable bonds is 4. The maximum absolute atomic E-state index is 10.5. The van der Waals surface area contributed by atoms with E-state index in [-0.39, 0.29) is 5.75 Å². The molecular formula is C24H21N5O2. The van der Waals surface area contributed by atoms with Gasteiger partial charge in [0.1, 0.15) is 29.4 Å². The smallest absolute Gasteiger partial charge is 0.145 e. The van der Waals surface area contributed by atoms with Crippen LogP contribution < -0.4 is 10.1 Å². The first kappa shape index (κ1) is 18.9. The van der Waals surface area contributed by atoms with Gasteiger partial charge in [-0.15, -0.1) is 0 Å². The largest absolute Gasteiger partial charge is 0.507 e. The third-order valence-electron chi connectivity index (χ3n) is 5.34. The number of anilines is 2. The maximum atomic E-state index is 10.5. The highest BCUT2D eigenvalue weighted by Crippen LogP contribution is 2.34. The number of nitrogens with zero attached hydrogens (tertiary/aromatic N) is 4. The van der Waals surface area contributed by atoms with Gasteiger partial charge in [0.15, 0.2) is 0 Å². The molecule has 0 spiro atoms. The van der Waals surface area contributed by atoms with Crippen LogP contribution in [0.1, 0.15) is 11.1 Å². The first-order chi connectivity index (χ1) is 15.0. The molecule has 0 amide bonds. The zero-order chi connectivity index (χ0) is 21.5. The molecule has 5 rings (SSSR count). The van der Waals surface area contributed by atoms with Gasteiger partial charge in [-0.1, -0.05) is 6.07 Å². The predicted molar refractivity (Wildman–Crippen MR) is 121 cm³/mol. The van der Waals surface area contributed by atoms with Crippen LogP contribution in [0.4, 0.5) is 11.5 Å². The van der Waals surface area contributed by atoms with Crippen LogP contribution in [0.3, 0.4) is 0 Å². The lowest BCUT2D eigenvalue weighted by Gasteiger charge is -2.13. The molecule has 0 unspecified atom stereocenters. The van der Waals surface area contributed by atoms with Crippen LogP contribution in [0.5, 0.6) is 17.2 Å². The number of hydrogen-bond acceptors (Lipinski definition) is 6. The number of phenols is 1. The van der Waals surface area contributed by atoms with Crippen LogP contribution in [-0.4, -0.2) is 24.6 Å². The van der Waals surface area contributed by atoms with Crippen molar-refractivity contribution in [1.29, 1.82) is 0 Å². The Hall–Kier alpha value is -4.13. The summed E-state index contributed by atoms with van der Waals surface area (Å²) in [7, 11) is 1.97. The Morgan fingerprint density at radius 2 is 1.77 bits per heavy atom. The molecule has 7 nitrogen and oxygen atoms in total. The van der Waals surface area contributed by atoms with Crippen molar-refractivity contribution in [1.82, 2.24) is 19.5 Å². The number of hydrogen-bond donors (Lipinski definition) is 2. The Labute approximate surface area is 179 Å². The number of imidazole rings is 1. The average Bonchev–Trinajstić information content (AvgIpc) is 3.13. The maximum Gasteiger partial charge on any atom is 0.145 e. The van der Waals surface area contributed by atoms with E-state index in [0.717, 1.165) is 39.3 Å². The number of fused-ring (bicyclic) bond motifs is 2. The van der Waals surface area contributed by atoms with Crippen LogP contribution in [0.15, 0.2) is 61.2 Å². The molecular weight excluding hydrogens is 390 g/mol. The molecule has 0 radical (unpaired) electrons. The highest BCUT2D eigenvalue weighted by molar-refractivity contribution is 5.96. The van der Waals surface area contributed by atoms with Crippen molar-refractivity contribution in [3.63, 3.8) is 0 Å². The number of nitrogens with one attached hydrogen (secondary N) is 1. The van der Waals surface area contributed by atoms with Gasteiger partial charge in [-0.3, -0.25) is 0 Å². The molecule has 0 aliphatic heterocycles. The fraction of sp³-hybridized carbons (Fsp3) is 0.125. The summed E-state index contributed by atoms with van der Waals surface area (Å²) in [6.45, 7) is 3.84. The molecule has 3 aromatic carbocycles. The SMILES string of the molecule is Cc1cc(Nc2ncnc3ccc(C)c(O)c23)ccc1Oc1ccc2c(c1)ncn2C.